The summed E-state index contributed by atoms with van der Waals surface area (Å²) in [7, 11) is 0. The van der Waals surface area contributed by atoms with Crippen LogP contribution in [0, 0.1) is 0 Å². The number of amides is 2. The third-order valence-electron chi connectivity index (χ3n) is 4.24. The number of benzene rings is 1. The van der Waals surface area contributed by atoms with Crippen LogP contribution in [0.4, 0.5) is 5.69 Å². The fraction of sp³-hybridized carbons (Fsp3) is 0.500. The van der Waals surface area contributed by atoms with Gasteiger partial charge in [0.1, 0.15) is 6.54 Å². The summed E-state index contributed by atoms with van der Waals surface area (Å²) in [5.74, 6) is 0.119. The fourth-order valence-electron chi connectivity index (χ4n) is 3.08. The molecule has 0 bridgehead atoms. The monoisotopic (exact) mass is 350 g/mol. The summed E-state index contributed by atoms with van der Waals surface area (Å²) in [4.78, 5) is 28.2. The minimum atomic E-state index is 0.0511. The molecule has 1 fully saturated rings. The zero-order valence-electron chi connectivity index (χ0n) is 12.0. The highest BCUT2D eigenvalue weighted by molar-refractivity contribution is 9.10. The highest BCUT2D eigenvalue weighted by atomic mass is 79.9. The topological polar surface area (TPSA) is 40.6 Å². The average molecular weight is 351 g/mol. The van der Waals surface area contributed by atoms with E-state index < -0.39 is 0 Å². The highest BCUT2D eigenvalue weighted by Gasteiger charge is 2.28. The average Bonchev–Trinajstić information content (AvgIpc) is 2.51. The number of carbonyl (C=O) groups is 2. The summed E-state index contributed by atoms with van der Waals surface area (Å²) >= 11 is 3.46. The van der Waals surface area contributed by atoms with Crippen LogP contribution in [0.3, 0.4) is 0 Å². The summed E-state index contributed by atoms with van der Waals surface area (Å²) in [5, 5.41) is 0. The lowest BCUT2D eigenvalue weighted by Crippen LogP contribution is -2.46. The lowest BCUT2D eigenvalue weighted by atomic mass is 10.0. The molecule has 2 amide bonds. The molecule has 0 radical (unpaired) electrons. The van der Waals surface area contributed by atoms with E-state index in [9.17, 15) is 9.59 Å². The van der Waals surface area contributed by atoms with Crippen molar-refractivity contribution < 1.29 is 9.59 Å². The first-order valence-corrected chi connectivity index (χ1v) is 8.31. The molecule has 2 aliphatic heterocycles. The molecular formula is C16H19BrN2O2. The molecule has 1 aromatic carbocycles. The van der Waals surface area contributed by atoms with Gasteiger partial charge in [0, 0.05) is 29.7 Å². The maximum Gasteiger partial charge on any atom is 0.242 e. The number of fused-ring (bicyclic) bond motifs is 1. The van der Waals surface area contributed by atoms with E-state index in [4.69, 9.17) is 0 Å². The van der Waals surface area contributed by atoms with Gasteiger partial charge in [-0.25, -0.2) is 0 Å². The van der Waals surface area contributed by atoms with E-state index in [0.29, 0.717) is 6.42 Å². The Morgan fingerprint density at radius 1 is 1.14 bits per heavy atom. The largest absolute Gasteiger partial charge is 0.341 e. The molecule has 0 saturated carbocycles. The number of carbonyl (C=O) groups excluding carboxylic acids is 2. The minimum Gasteiger partial charge on any atom is -0.341 e. The molecule has 0 aromatic heterocycles. The second kappa shape index (κ2) is 6.18. The summed E-state index contributed by atoms with van der Waals surface area (Å²) in [5.41, 5.74) is 2.02. The number of likely N-dealkylation sites (tertiary alicyclic amines) is 1. The molecule has 0 atom stereocenters. The van der Waals surface area contributed by atoms with Crippen molar-refractivity contribution in [2.24, 2.45) is 0 Å². The third-order valence-corrected chi connectivity index (χ3v) is 4.74. The smallest absolute Gasteiger partial charge is 0.242 e. The van der Waals surface area contributed by atoms with Crippen LogP contribution < -0.4 is 4.90 Å². The van der Waals surface area contributed by atoms with Crippen molar-refractivity contribution in [1.29, 1.82) is 0 Å². The van der Waals surface area contributed by atoms with Crippen LogP contribution in [0.2, 0.25) is 0 Å². The van der Waals surface area contributed by atoms with Gasteiger partial charge >= 0.3 is 0 Å². The summed E-state index contributed by atoms with van der Waals surface area (Å²) in [6, 6.07) is 5.90. The van der Waals surface area contributed by atoms with Gasteiger partial charge in [0.15, 0.2) is 0 Å². The van der Waals surface area contributed by atoms with Crippen LogP contribution >= 0.6 is 15.9 Å². The Bertz CT molecular complexity index is 567. The van der Waals surface area contributed by atoms with Gasteiger partial charge in [0.2, 0.25) is 11.8 Å². The number of halogens is 1. The van der Waals surface area contributed by atoms with Crippen molar-refractivity contribution in [2.75, 3.05) is 24.5 Å². The highest BCUT2D eigenvalue weighted by Crippen LogP contribution is 2.30. The minimum absolute atomic E-state index is 0.0511. The number of nitrogens with zero attached hydrogens (tertiary/aromatic N) is 2. The number of aryl methyl sites for hydroxylation is 1. The molecule has 2 heterocycles. The van der Waals surface area contributed by atoms with Crippen molar-refractivity contribution in [3.8, 4) is 0 Å². The predicted molar refractivity (Wildman–Crippen MR) is 85.2 cm³/mol. The summed E-state index contributed by atoms with van der Waals surface area (Å²) in [6.45, 7) is 1.83. The Hall–Kier alpha value is -1.36. The van der Waals surface area contributed by atoms with Crippen molar-refractivity contribution in [3.05, 3.63) is 28.2 Å². The number of rotatable bonds is 2. The van der Waals surface area contributed by atoms with Crippen LogP contribution in [0.15, 0.2) is 22.7 Å². The van der Waals surface area contributed by atoms with Gasteiger partial charge in [0.05, 0.1) is 0 Å². The quantitative estimate of drug-likeness (QED) is 0.822. The maximum atomic E-state index is 12.4. The van der Waals surface area contributed by atoms with E-state index >= 15 is 0 Å². The van der Waals surface area contributed by atoms with E-state index in [-0.39, 0.29) is 18.4 Å². The van der Waals surface area contributed by atoms with E-state index in [1.165, 1.54) is 6.42 Å². The van der Waals surface area contributed by atoms with Crippen LogP contribution in [0.1, 0.15) is 31.2 Å². The zero-order chi connectivity index (χ0) is 14.8. The Balaban J connectivity index is 1.78. The Morgan fingerprint density at radius 2 is 1.90 bits per heavy atom. The van der Waals surface area contributed by atoms with E-state index in [2.05, 4.69) is 15.9 Å². The Labute approximate surface area is 133 Å². The maximum absolute atomic E-state index is 12.4. The molecule has 1 saturated heterocycles. The lowest BCUT2D eigenvalue weighted by Gasteiger charge is -2.33. The molecule has 0 aliphatic carbocycles. The number of anilines is 1. The second-order valence-corrected chi connectivity index (χ2v) is 6.61. The Morgan fingerprint density at radius 3 is 2.67 bits per heavy atom. The van der Waals surface area contributed by atoms with E-state index in [1.807, 2.05) is 23.1 Å². The molecule has 1 aromatic rings. The van der Waals surface area contributed by atoms with Gasteiger partial charge in [0.25, 0.3) is 0 Å². The first-order chi connectivity index (χ1) is 10.1. The fourth-order valence-corrected chi connectivity index (χ4v) is 3.49. The van der Waals surface area contributed by atoms with Crippen molar-refractivity contribution >= 4 is 33.4 Å². The van der Waals surface area contributed by atoms with Crippen LogP contribution in [-0.4, -0.2) is 36.3 Å². The Kier molecular flexibility index (Phi) is 4.29. The molecule has 0 spiro atoms. The SMILES string of the molecule is O=C(CN1C(=O)CCc2cc(Br)ccc21)N1CCCCC1. The molecule has 0 N–H and O–H groups in total. The van der Waals surface area contributed by atoms with Crippen LogP contribution in [-0.2, 0) is 16.0 Å². The molecule has 2 aliphatic rings. The van der Waals surface area contributed by atoms with Crippen LogP contribution in [0.5, 0.6) is 0 Å². The number of hydrogen-bond donors (Lipinski definition) is 0. The van der Waals surface area contributed by atoms with Gasteiger partial charge in [-0.3, -0.25) is 9.59 Å². The second-order valence-electron chi connectivity index (χ2n) is 5.69. The number of piperidine rings is 1. The van der Waals surface area contributed by atoms with Gasteiger partial charge in [-0.05, 0) is 49.4 Å². The van der Waals surface area contributed by atoms with E-state index in [1.54, 1.807) is 4.90 Å². The third kappa shape index (κ3) is 3.12. The first kappa shape index (κ1) is 14.6. The van der Waals surface area contributed by atoms with Gasteiger partial charge in [-0.15, -0.1) is 0 Å². The van der Waals surface area contributed by atoms with Gasteiger partial charge in [-0.1, -0.05) is 15.9 Å². The lowest BCUT2D eigenvalue weighted by molar-refractivity contribution is -0.132. The van der Waals surface area contributed by atoms with Gasteiger partial charge in [-0.2, -0.15) is 0 Å². The van der Waals surface area contributed by atoms with Crippen molar-refractivity contribution in [3.63, 3.8) is 0 Å². The zero-order valence-corrected chi connectivity index (χ0v) is 13.6. The number of hydrogen-bond acceptors (Lipinski definition) is 2. The van der Waals surface area contributed by atoms with Crippen molar-refractivity contribution in [1.82, 2.24) is 4.90 Å². The molecular weight excluding hydrogens is 332 g/mol. The molecule has 0 unspecified atom stereocenters. The summed E-state index contributed by atoms with van der Waals surface area (Å²) in [6.07, 6.45) is 4.58. The van der Waals surface area contributed by atoms with Crippen LogP contribution in [0.25, 0.3) is 0 Å². The summed E-state index contributed by atoms with van der Waals surface area (Å²) < 4.78 is 1.01. The molecule has 4 nitrogen and oxygen atoms in total. The molecule has 21 heavy (non-hydrogen) atoms. The first-order valence-electron chi connectivity index (χ1n) is 7.52. The normalized spacial score (nSPS) is 18.6. The molecule has 3 rings (SSSR count). The molecule has 112 valence electrons. The van der Waals surface area contributed by atoms with Crippen molar-refractivity contribution in [2.45, 2.75) is 32.1 Å². The molecule has 5 heteroatoms. The standard InChI is InChI=1S/C16H19BrN2O2/c17-13-5-6-14-12(10-13)4-7-15(20)19(14)11-16(21)18-8-2-1-3-9-18/h5-6,10H,1-4,7-9,11H2. The van der Waals surface area contributed by atoms with E-state index in [0.717, 1.165) is 48.1 Å². The predicted octanol–water partition coefficient (Wildman–Crippen LogP) is 2.74. The van der Waals surface area contributed by atoms with Gasteiger partial charge < -0.3 is 9.80 Å².